The molecule has 3 heteroatoms. The first-order valence-corrected chi connectivity index (χ1v) is 15.3. The molecule has 0 N–H and O–H groups in total. The highest BCUT2D eigenvalue weighted by molar-refractivity contribution is 5.82. The second-order valence-corrected chi connectivity index (χ2v) is 14.0. The van der Waals surface area contributed by atoms with E-state index in [1.54, 1.807) is 11.1 Å². The topological polar surface area (TPSA) is 25.4 Å². The van der Waals surface area contributed by atoms with Crippen LogP contribution in [0.25, 0.3) is 10.8 Å². The Labute approximate surface area is 221 Å². The van der Waals surface area contributed by atoms with E-state index in [-0.39, 0.29) is 16.6 Å². The second kappa shape index (κ2) is 7.36. The van der Waals surface area contributed by atoms with Gasteiger partial charge in [0.05, 0.1) is 11.2 Å². The van der Waals surface area contributed by atoms with Crippen LogP contribution in [-0.2, 0) is 4.74 Å². The highest BCUT2D eigenvalue weighted by Crippen LogP contribution is 2.69. The Morgan fingerprint density at radius 2 is 1.78 bits per heavy atom. The number of rotatable bonds is 2. The number of hydrogen-bond donors (Lipinski definition) is 0. The summed E-state index contributed by atoms with van der Waals surface area (Å²) in [6, 6.07) is 11.8. The maximum absolute atomic E-state index is 7.62. The molecule has 0 amide bonds. The fraction of sp³-hybridized carbons (Fsp3) is 0.618. The number of nitrogens with zero attached hydrogens (tertiary/aromatic N) is 2. The summed E-state index contributed by atoms with van der Waals surface area (Å²) in [5.41, 5.74) is 4.96. The monoisotopic (exact) mass is 492 g/mol. The molecular formula is C34H40N2O. The highest BCUT2D eigenvalue weighted by atomic mass is 16.5. The average Bonchev–Trinajstić information content (AvgIpc) is 3.68. The second-order valence-electron chi connectivity index (χ2n) is 14.0. The molecule has 3 nitrogen and oxygen atoms in total. The first-order chi connectivity index (χ1) is 18.1. The van der Waals surface area contributed by atoms with E-state index in [9.17, 15) is 0 Å². The van der Waals surface area contributed by atoms with Gasteiger partial charge in [-0.1, -0.05) is 31.2 Å². The van der Waals surface area contributed by atoms with Crippen molar-refractivity contribution in [2.24, 2.45) is 11.3 Å². The average molecular weight is 493 g/mol. The highest BCUT2D eigenvalue weighted by Gasteiger charge is 2.67. The van der Waals surface area contributed by atoms with E-state index in [0.29, 0.717) is 11.8 Å². The van der Waals surface area contributed by atoms with Gasteiger partial charge in [0.1, 0.15) is 0 Å². The molecule has 2 aromatic rings. The SMILES string of the molecule is C[C@]12CC=C3C=C4CC[C@@H](N5C6CCC5CC6)CC45CC[C@]3(O5)[C@@H]1CCC2c1ccc2ccncc2c1. The number of aromatic nitrogens is 1. The molecule has 1 aromatic heterocycles. The summed E-state index contributed by atoms with van der Waals surface area (Å²) in [6.07, 6.45) is 25.1. The van der Waals surface area contributed by atoms with Gasteiger partial charge in [0.25, 0.3) is 0 Å². The molecule has 7 aliphatic rings. The molecule has 37 heavy (non-hydrogen) atoms. The van der Waals surface area contributed by atoms with Crippen LogP contribution in [0.2, 0.25) is 0 Å². The van der Waals surface area contributed by atoms with Gasteiger partial charge in [0.15, 0.2) is 0 Å². The molecule has 1 aromatic carbocycles. The number of pyridine rings is 1. The van der Waals surface area contributed by atoms with E-state index in [4.69, 9.17) is 4.74 Å². The molecule has 2 spiro atoms. The fourth-order valence-electron chi connectivity index (χ4n) is 11.1. The summed E-state index contributed by atoms with van der Waals surface area (Å²) in [4.78, 5) is 7.39. The summed E-state index contributed by atoms with van der Waals surface area (Å²) < 4.78 is 7.62. The van der Waals surface area contributed by atoms with Crippen molar-refractivity contribution in [3.05, 3.63) is 65.5 Å². The van der Waals surface area contributed by atoms with Gasteiger partial charge in [0, 0.05) is 35.9 Å². The number of fused-ring (bicyclic) bond motifs is 4. The van der Waals surface area contributed by atoms with E-state index in [2.05, 4.69) is 53.2 Å². The molecule has 4 bridgehead atoms. The Morgan fingerprint density at radius 1 is 0.919 bits per heavy atom. The lowest BCUT2D eigenvalue weighted by atomic mass is 9.58. The van der Waals surface area contributed by atoms with Gasteiger partial charge in [-0.15, -0.1) is 0 Å². The van der Waals surface area contributed by atoms with Crippen LogP contribution in [0.5, 0.6) is 0 Å². The molecule has 5 heterocycles. The predicted octanol–water partition coefficient (Wildman–Crippen LogP) is 7.47. The van der Waals surface area contributed by atoms with Crippen LogP contribution in [0.3, 0.4) is 0 Å². The van der Waals surface area contributed by atoms with Crippen LogP contribution in [0, 0.1) is 11.3 Å². The summed E-state index contributed by atoms with van der Waals surface area (Å²) in [5.74, 6) is 1.22. The van der Waals surface area contributed by atoms with Crippen LogP contribution in [0.1, 0.15) is 95.5 Å². The minimum absolute atomic E-state index is 0.0211. The molecular weight excluding hydrogens is 452 g/mol. The van der Waals surface area contributed by atoms with Crippen molar-refractivity contribution in [2.75, 3.05) is 0 Å². The molecule has 5 fully saturated rings. The lowest BCUT2D eigenvalue weighted by Crippen LogP contribution is -2.55. The van der Waals surface area contributed by atoms with Crippen molar-refractivity contribution in [3.63, 3.8) is 0 Å². The largest absolute Gasteiger partial charge is 0.359 e. The van der Waals surface area contributed by atoms with Gasteiger partial charge in [0.2, 0.25) is 0 Å². The molecule has 3 saturated heterocycles. The Bertz CT molecular complexity index is 1340. The third kappa shape index (κ3) is 2.78. The Hall–Kier alpha value is -1.97. The maximum Gasteiger partial charge on any atom is 0.0974 e. The smallest absolute Gasteiger partial charge is 0.0974 e. The van der Waals surface area contributed by atoms with Gasteiger partial charge < -0.3 is 4.74 Å². The zero-order chi connectivity index (χ0) is 24.4. The summed E-state index contributed by atoms with van der Waals surface area (Å²) in [7, 11) is 0. The van der Waals surface area contributed by atoms with Gasteiger partial charge >= 0.3 is 0 Å². The van der Waals surface area contributed by atoms with Crippen LogP contribution in [0.4, 0.5) is 0 Å². The van der Waals surface area contributed by atoms with E-state index in [1.807, 2.05) is 12.4 Å². The summed E-state index contributed by atoms with van der Waals surface area (Å²) in [5, 5.41) is 2.58. The van der Waals surface area contributed by atoms with Crippen LogP contribution in [0.15, 0.2) is 60.0 Å². The standard InChI is InChI=1S/C34H40N2O/c1-32-14-12-26-19-25-4-5-29(36-27-6-7-28(36)9-8-27)20-33(25)15-16-34(26,37-33)31(32)11-10-30(32)23-3-2-22-13-17-35-21-24(22)18-23/h2-3,12-13,17-19,21,27-31H,4-11,14-16,20H2,1H3/t27?,28?,29-,30?,31-,32-,33?,34-/m1/s1. The van der Waals surface area contributed by atoms with Gasteiger partial charge in [-0.2, -0.15) is 0 Å². The van der Waals surface area contributed by atoms with Crippen molar-refractivity contribution < 1.29 is 4.74 Å². The van der Waals surface area contributed by atoms with Crippen molar-refractivity contribution in [3.8, 4) is 0 Å². The molecule has 192 valence electrons. The summed E-state index contributed by atoms with van der Waals surface area (Å²) >= 11 is 0. The molecule has 2 unspecified atom stereocenters. The van der Waals surface area contributed by atoms with E-state index >= 15 is 0 Å². The van der Waals surface area contributed by atoms with E-state index < -0.39 is 0 Å². The van der Waals surface area contributed by atoms with Gasteiger partial charge in [-0.05, 0) is 129 Å². The molecule has 4 aliphatic heterocycles. The van der Waals surface area contributed by atoms with E-state index in [1.165, 1.54) is 93.4 Å². The van der Waals surface area contributed by atoms with Crippen LogP contribution in [-0.4, -0.2) is 39.2 Å². The molecule has 2 saturated carbocycles. The first kappa shape index (κ1) is 21.9. The molecule has 0 radical (unpaired) electrons. The third-order valence-corrected chi connectivity index (χ3v) is 12.7. The van der Waals surface area contributed by atoms with Gasteiger partial charge in [-0.25, -0.2) is 0 Å². The number of ether oxygens (including phenoxy) is 1. The van der Waals surface area contributed by atoms with Crippen molar-refractivity contribution in [1.82, 2.24) is 9.88 Å². The lowest BCUT2D eigenvalue weighted by Gasteiger charge is -2.55. The van der Waals surface area contributed by atoms with Crippen LogP contribution >= 0.6 is 0 Å². The fourth-order valence-corrected chi connectivity index (χ4v) is 11.1. The zero-order valence-electron chi connectivity index (χ0n) is 22.3. The maximum atomic E-state index is 7.62. The molecule has 3 aliphatic carbocycles. The third-order valence-electron chi connectivity index (χ3n) is 12.7. The van der Waals surface area contributed by atoms with Crippen molar-refractivity contribution in [1.29, 1.82) is 0 Å². The first-order valence-electron chi connectivity index (χ1n) is 15.3. The molecule has 9 rings (SSSR count). The number of benzene rings is 1. The normalized spacial score (nSPS) is 45.9. The van der Waals surface area contributed by atoms with Crippen molar-refractivity contribution >= 4 is 10.8 Å². The minimum Gasteiger partial charge on any atom is -0.359 e. The minimum atomic E-state index is -0.0461. The zero-order valence-corrected chi connectivity index (χ0v) is 22.3. The number of allylic oxidation sites excluding steroid dienone is 1. The Balaban J connectivity index is 1.06. The molecule has 6 atom stereocenters. The Kier molecular flexibility index (Phi) is 4.36. The van der Waals surface area contributed by atoms with Crippen molar-refractivity contribution in [2.45, 2.75) is 119 Å². The summed E-state index contributed by atoms with van der Waals surface area (Å²) in [6.45, 7) is 2.60. The quantitative estimate of drug-likeness (QED) is 0.435. The van der Waals surface area contributed by atoms with Crippen LogP contribution < -0.4 is 0 Å². The Morgan fingerprint density at radius 3 is 2.65 bits per heavy atom. The lowest BCUT2D eigenvalue weighted by molar-refractivity contribution is -0.141. The van der Waals surface area contributed by atoms with Gasteiger partial charge in [-0.3, -0.25) is 9.88 Å². The van der Waals surface area contributed by atoms with E-state index in [0.717, 1.165) is 18.1 Å². The number of hydrogen-bond acceptors (Lipinski definition) is 3. The predicted molar refractivity (Wildman–Crippen MR) is 147 cm³/mol.